The number of carbonyl (C=O) groups excluding carboxylic acids is 2. The number of amides is 1. The highest BCUT2D eigenvalue weighted by Crippen LogP contribution is 2.33. The molecule has 0 bridgehead atoms. The highest BCUT2D eigenvalue weighted by Gasteiger charge is 2.49. The maximum Gasteiger partial charge on any atom is 0.338 e. The second kappa shape index (κ2) is 9.87. The Kier molecular flexibility index (Phi) is 7.56. The van der Waals surface area contributed by atoms with Gasteiger partial charge in [0.2, 0.25) is 11.7 Å². The fraction of sp³-hybridized carbons (Fsp3) is 0.680. The predicted molar refractivity (Wildman–Crippen MR) is 124 cm³/mol. The summed E-state index contributed by atoms with van der Waals surface area (Å²) in [5, 5.41) is 0. The number of hydrogen-bond acceptors (Lipinski definition) is 6. The molecule has 2 heterocycles. The van der Waals surface area contributed by atoms with Crippen LogP contribution in [0.4, 0.5) is 10.1 Å². The normalized spacial score (nSPS) is 23.8. The molecule has 2 aliphatic rings. The van der Waals surface area contributed by atoms with Crippen LogP contribution in [0.15, 0.2) is 18.2 Å². The van der Waals surface area contributed by atoms with E-state index in [2.05, 4.69) is 4.90 Å². The monoisotopic (exact) mass is 464 g/mol. The molecule has 0 saturated carbocycles. The minimum atomic E-state index is -1.03. The van der Waals surface area contributed by atoms with Gasteiger partial charge >= 0.3 is 5.97 Å². The molecule has 2 aliphatic heterocycles. The van der Waals surface area contributed by atoms with Crippen molar-refractivity contribution < 1.29 is 28.2 Å². The van der Waals surface area contributed by atoms with E-state index in [1.165, 1.54) is 6.07 Å². The quantitative estimate of drug-likeness (QED) is 0.569. The molecule has 0 radical (unpaired) electrons. The summed E-state index contributed by atoms with van der Waals surface area (Å²) in [4.78, 5) is 29.9. The van der Waals surface area contributed by atoms with E-state index in [1.807, 2.05) is 45.6 Å². The van der Waals surface area contributed by atoms with E-state index in [0.29, 0.717) is 26.1 Å². The third-order valence-corrected chi connectivity index (χ3v) is 5.95. The standard InChI is InChI=1S/C25H37FN2O5/c1-15(2)12-19(22-24(30)33-25(6,7)32-22)23(29)28-11-10-27(14-17(28)5)18-8-9-21(20(26)13-18)31-16(3)4/h8-9,13,15-17,19,22H,10-12,14H2,1-7H3/t17-,19+,22+/m1/s1. The molecule has 2 saturated heterocycles. The van der Waals surface area contributed by atoms with Gasteiger partial charge < -0.3 is 24.0 Å². The summed E-state index contributed by atoms with van der Waals surface area (Å²) in [6, 6.07) is 4.86. The van der Waals surface area contributed by atoms with Crippen molar-refractivity contribution in [3.8, 4) is 5.75 Å². The Hall–Kier alpha value is -2.35. The van der Waals surface area contributed by atoms with Crippen molar-refractivity contribution in [3.63, 3.8) is 0 Å². The lowest BCUT2D eigenvalue weighted by atomic mass is 9.90. The molecule has 0 spiro atoms. The average Bonchev–Trinajstić information content (AvgIpc) is 2.98. The molecular weight excluding hydrogens is 427 g/mol. The molecule has 3 atom stereocenters. The number of anilines is 1. The van der Waals surface area contributed by atoms with E-state index in [1.54, 1.807) is 19.9 Å². The summed E-state index contributed by atoms with van der Waals surface area (Å²) in [5.41, 5.74) is 0.755. The van der Waals surface area contributed by atoms with Crippen LogP contribution in [0.2, 0.25) is 0 Å². The van der Waals surface area contributed by atoms with E-state index in [4.69, 9.17) is 14.2 Å². The Morgan fingerprint density at radius 2 is 1.94 bits per heavy atom. The number of carbonyl (C=O) groups is 2. The number of piperazine rings is 1. The summed E-state index contributed by atoms with van der Waals surface area (Å²) in [5.74, 6) is -2.16. The fourth-order valence-corrected chi connectivity index (χ4v) is 4.55. The Labute approximate surface area is 196 Å². The van der Waals surface area contributed by atoms with Gasteiger partial charge in [-0.1, -0.05) is 13.8 Å². The third-order valence-electron chi connectivity index (χ3n) is 5.95. The van der Waals surface area contributed by atoms with Crippen LogP contribution in [0.5, 0.6) is 5.75 Å². The Bertz CT molecular complexity index is 872. The highest BCUT2D eigenvalue weighted by atomic mass is 19.1. The molecule has 7 nitrogen and oxygen atoms in total. The van der Waals surface area contributed by atoms with E-state index in [0.717, 1.165) is 5.69 Å². The number of benzene rings is 1. The molecule has 0 aliphatic carbocycles. The molecule has 1 amide bonds. The van der Waals surface area contributed by atoms with Crippen LogP contribution in [-0.4, -0.2) is 60.4 Å². The van der Waals surface area contributed by atoms with Crippen molar-refractivity contribution in [1.29, 1.82) is 0 Å². The van der Waals surface area contributed by atoms with Gasteiger partial charge in [0.1, 0.15) is 0 Å². The Balaban J connectivity index is 1.72. The topological polar surface area (TPSA) is 68.3 Å². The zero-order valence-electron chi connectivity index (χ0n) is 20.8. The zero-order chi connectivity index (χ0) is 24.5. The highest BCUT2D eigenvalue weighted by molar-refractivity contribution is 5.88. The number of ether oxygens (including phenoxy) is 3. The summed E-state index contributed by atoms with van der Waals surface area (Å²) < 4.78 is 31.1. The van der Waals surface area contributed by atoms with E-state index in [9.17, 15) is 14.0 Å². The maximum absolute atomic E-state index is 14.5. The minimum absolute atomic E-state index is 0.0950. The zero-order valence-corrected chi connectivity index (χ0v) is 20.8. The van der Waals surface area contributed by atoms with Crippen LogP contribution in [0.25, 0.3) is 0 Å². The average molecular weight is 465 g/mol. The van der Waals surface area contributed by atoms with E-state index >= 15 is 0 Å². The van der Waals surface area contributed by atoms with Crippen molar-refractivity contribution in [2.45, 2.75) is 78.9 Å². The molecule has 184 valence electrons. The maximum atomic E-state index is 14.5. The van der Waals surface area contributed by atoms with Crippen LogP contribution in [0, 0.1) is 17.7 Å². The summed E-state index contributed by atoms with van der Waals surface area (Å²) in [6.45, 7) is 14.7. The van der Waals surface area contributed by atoms with Crippen LogP contribution in [-0.2, 0) is 19.1 Å². The molecule has 1 aromatic rings. The van der Waals surface area contributed by atoms with E-state index in [-0.39, 0.29) is 29.7 Å². The van der Waals surface area contributed by atoms with Crippen molar-refractivity contribution >= 4 is 17.6 Å². The van der Waals surface area contributed by atoms with Gasteiger partial charge in [0.15, 0.2) is 17.7 Å². The number of hydrogen-bond donors (Lipinski definition) is 0. The number of nitrogens with zero attached hydrogens (tertiary/aromatic N) is 2. The lowest BCUT2D eigenvalue weighted by Crippen LogP contribution is -2.57. The molecule has 1 aromatic carbocycles. The Morgan fingerprint density at radius 1 is 1.24 bits per heavy atom. The largest absolute Gasteiger partial charge is 0.488 e. The molecule has 8 heteroatoms. The molecule has 0 unspecified atom stereocenters. The molecular formula is C25H37FN2O5. The third kappa shape index (κ3) is 5.96. The van der Waals surface area contributed by atoms with Crippen LogP contribution < -0.4 is 9.64 Å². The molecule has 33 heavy (non-hydrogen) atoms. The smallest absolute Gasteiger partial charge is 0.338 e. The predicted octanol–water partition coefficient (Wildman–Crippen LogP) is 3.99. The first-order chi connectivity index (χ1) is 15.4. The summed E-state index contributed by atoms with van der Waals surface area (Å²) >= 11 is 0. The lowest BCUT2D eigenvalue weighted by molar-refractivity contribution is -0.163. The van der Waals surface area contributed by atoms with Gasteiger partial charge in [-0.2, -0.15) is 0 Å². The number of rotatable bonds is 7. The molecule has 2 fully saturated rings. The first-order valence-corrected chi connectivity index (χ1v) is 11.8. The van der Waals surface area contributed by atoms with Crippen molar-refractivity contribution in [2.75, 3.05) is 24.5 Å². The molecule has 0 aromatic heterocycles. The van der Waals surface area contributed by atoms with Gasteiger partial charge in [0, 0.05) is 51.3 Å². The van der Waals surface area contributed by atoms with Crippen molar-refractivity contribution in [3.05, 3.63) is 24.0 Å². The first kappa shape index (κ1) is 25.3. The van der Waals surface area contributed by atoms with Gasteiger partial charge in [-0.25, -0.2) is 9.18 Å². The molecule has 3 rings (SSSR count). The van der Waals surface area contributed by atoms with Crippen LogP contribution in [0.1, 0.15) is 54.9 Å². The number of cyclic esters (lactones) is 1. The van der Waals surface area contributed by atoms with Gasteiger partial charge in [0.25, 0.3) is 0 Å². The molecule has 0 N–H and O–H groups in total. The number of halogens is 1. The van der Waals surface area contributed by atoms with Crippen molar-refractivity contribution in [2.24, 2.45) is 11.8 Å². The van der Waals surface area contributed by atoms with Gasteiger partial charge in [-0.3, -0.25) is 4.79 Å². The summed E-state index contributed by atoms with van der Waals surface area (Å²) in [6.07, 6.45) is -0.474. The minimum Gasteiger partial charge on any atom is -0.488 e. The van der Waals surface area contributed by atoms with Crippen LogP contribution in [0.3, 0.4) is 0 Å². The van der Waals surface area contributed by atoms with Gasteiger partial charge in [-0.15, -0.1) is 0 Å². The summed E-state index contributed by atoms with van der Waals surface area (Å²) in [7, 11) is 0. The van der Waals surface area contributed by atoms with E-state index < -0.39 is 29.6 Å². The SMILES string of the molecule is CC(C)C[C@H](C(=O)N1CCN(c2ccc(OC(C)C)c(F)c2)C[C@H]1C)[C@@H]1OC(C)(C)OC1=O. The Morgan fingerprint density at radius 3 is 2.45 bits per heavy atom. The lowest BCUT2D eigenvalue weighted by Gasteiger charge is -2.42. The van der Waals surface area contributed by atoms with Crippen molar-refractivity contribution in [1.82, 2.24) is 4.90 Å². The second-order valence-corrected chi connectivity index (χ2v) is 10.2. The van der Waals surface area contributed by atoms with Gasteiger partial charge in [0.05, 0.1) is 12.0 Å². The van der Waals surface area contributed by atoms with Gasteiger partial charge in [-0.05, 0) is 45.2 Å². The second-order valence-electron chi connectivity index (χ2n) is 10.2. The fourth-order valence-electron chi connectivity index (χ4n) is 4.55. The number of esters is 1. The van der Waals surface area contributed by atoms with Crippen LogP contribution >= 0.6 is 0 Å². The first-order valence-electron chi connectivity index (χ1n) is 11.8.